The van der Waals surface area contributed by atoms with E-state index in [0.717, 1.165) is 4.47 Å². The second-order valence-electron chi connectivity index (χ2n) is 4.83. The highest BCUT2D eigenvalue weighted by atomic mass is 79.9. The maximum Gasteiger partial charge on any atom is 0.255 e. The normalized spacial score (nSPS) is 14.1. The van der Waals surface area contributed by atoms with Gasteiger partial charge in [0.25, 0.3) is 5.91 Å². The van der Waals surface area contributed by atoms with Crippen molar-refractivity contribution in [2.75, 3.05) is 13.1 Å². The lowest BCUT2D eigenvalue weighted by atomic mass is 10.1. The minimum Gasteiger partial charge on any atom is -0.487 e. The molecule has 7 heteroatoms. The number of nitriles is 1. The Bertz CT molecular complexity index is 753. The van der Waals surface area contributed by atoms with Crippen molar-refractivity contribution >= 4 is 21.8 Å². The molecule has 1 fully saturated rings. The van der Waals surface area contributed by atoms with E-state index in [2.05, 4.69) is 25.9 Å². The molecule has 3 heterocycles. The smallest absolute Gasteiger partial charge is 0.255 e. The van der Waals surface area contributed by atoms with Crippen LogP contribution in [0.4, 0.5) is 0 Å². The number of pyridine rings is 2. The first-order valence-corrected chi connectivity index (χ1v) is 7.37. The Hall–Kier alpha value is -2.46. The third-order valence-corrected chi connectivity index (χ3v) is 3.67. The molecule has 0 aliphatic carbocycles. The quantitative estimate of drug-likeness (QED) is 0.838. The van der Waals surface area contributed by atoms with Crippen molar-refractivity contribution in [3.63, 3.8) is 0 Å². The summed E-state index contributed by atoms with van der Waals surface area (Å²) in [6, 6.07) is 6.99. The van der Waals surface area contributed by atoms with Gasteiger partial charge < -0.3 is 9.64 Å². The molecule has 6 nitrogen and oxygen atoms in total. The van der Waals surface area contributed by atoms with E-state index in [1.807, 2.05) is 6.07 Å². The maximum absolute atomic E-state index is 12.2. The van der Waals surface area contributed by atoms with Crippen LogP contribution in [0.2, 0.25) is 0 Å². The number of aromatic nitrogens is 2. The zero-order valence-electron chi connectivity index (χ0n) is 11.4. The van der Waals surface area contributed by atoms with E-state index in [1.165, 1.54) is 6.20 Å². The van der Waals surface area contributed by atoms with Crippen molar-refractivity contribution in [2.24, 2.45) is 0 Å². The van der Waals surface area contributed by atoms with Gasteiger partial charge in [0, 0.05) is 29.1 Å². The van der Waals surface area contributed by atoms with Crippen LogP contribution < -0.4 is 4.74 Å². The van der Waals surface area contributed by atoms with Crippen LogP contribution in [0.1, 0.15) is 16.1 Å². The Kier molecular flexibility index (Phi) is 4.02. The number of carbonyl (C=O) groups excluding carboxylic acids is 1. The van der Waals surface area contributed by atoms with Crippen LogP contribution >= 0.6 is 15.9 Å². The number of likely N-dealkylation sites (tertiary alicyclic amines) is 1. The van der Waals surface area contributed by atoms with Gasteiger partial charge in [-0.1, -0.05) is 0 Å². The van der Waals surface area contributed by atoms with Gasteiger partial charge in [-0.25, -0.2) is 4.98 Å². The van der Waals surface area contributed by atoms with E-state index in [1.54, 1.807) is 35.5 Å². The fourth-order valence-corrected chi connectivity index (χ4v) is 2.49. The SMILES string of the molecule is N#Cc1cc(OC2CN(C(=O)c3cncc(Br)c3)C2)ccn1. The molecule has 1 aliphatic heterocycles. The molecular weight excluding hydrogens is 348 g/mol. The summed E-state index contributed by atoms with van der Waals surface area (Å²) < 4.78 is 6.49. The number of ether oxygens (including phenoxy) is 1. The van der Waals surface area contributed by atoms with Crippen LogP contribution in [0.3, 0.4) is 0 Å². The van der Waals surface area contributed by atoms with E-state index in [0.29, 0.717) is 30.1 Å². The number of amides is 1. The van der Waals surface area contributed by atoms with Crippen molar-refractivity contribution in [1.82, 2.24) is 14.9 Å². The largest absolute Gasteiger partial charge is 0.487 e. The van der Waals surface area contributed by atoms with Gasteiger partial charge >= 0.3 is 0 Å². The third-order valence-electron chi connectivity index (χ3n) is 3.24. The molecule has 0 spiro atoms. The highest BCUT2D eigenvalue weighted by Crippen LogP contribution is 2.20. The molecule has 2 aromatic heterocycles. The zero-order chi connectivity index (χ0) is 15.5. The van der Waals surface area contributed by atoms with E-state index >= 15 is 0 Å². The standard InChI is InChI=1S/C15H11BrN4O2/c16-11-3-10(6-18-7-11)15(21)20-8-14(9-20)22-13-1-2-19-12(4-13)5-17/h1-4,6-7,14H,8-9H2. The van der Waals surface area contributed by atoms with Crippen molar-refractivity contribution in [3.05, 3.63) is 52.5 Å². The number of hydrogen-bond donors (Lipinski definition) is 0. The predicted molar refractivity (Wildman–Crippen MR) is 81.2 cm³/mol. The van der Waals surface area contributed by atoms with Gasteiger partial charge in [0.15, 0.2) is 0 Å². The Morgan fingerprint density at radius 3 is 2.95 bits per heavy atom. The fraction of sp³-hybridized carbons (Fsp3) is 0.200. The summed E-state index contributed by atoms with van der Waals surface area (Å²) in [6.07, 6.45) is 4.64. The molecule has 0 radical (unpaired) electrons. The van der Waals surface area contributed by atoms with Crippen LogP contribution in [0.15, 0.2) is 41.3 Å². The van der Waals surface area contributed by atoms with Crippen molar-refractivity contribution in [2.45, 2.75) is 6.10 Å². The summed E-state index contributed by atoms with van der Waals surface area (Å²) in [5, 5.41) is 8.80. The lowest BCUT2D eigenvalue weighted by Gasteiger charge is -2.38. The van der Waals surface area contributed by atoms with Gasteiger partial charge in [0.05, 0.1) is 18.7 Å². The molecule has 0 saturated carbocycles. The predicted octanol–water partition coefficient (Wildman–Crippen LogP) is 2.01. The topological polar surface area (TPSA) is 79.1 Å². The number of carbonyl (C=O) groups is 1. The summed E-state index contributed by atoms with van der Waals surface area (Å²) in [5.41, 5.74) is 0.855. The molecule has 0 N–H and O–H groups in total. The average Bonchev–Trinajstić information content (AvgIpc) is 2.50. The molecule has 2 aromatic rings. The Morgan fingerprint density at radius 1 is 1.41 bits per heavy atom. The molecule has 0 aromatic carbocycles. The van der Waals surface area contributed by atoms with Gasteiger partial charge in [-0.05, 0) is 28.1 Å². The fourth-order valence-electron chi connectivity index (χ4n) is 2.13. The minimum absolute atomic E-state index is 0.0684. The first-order valence-electron chi connectivity index (χ1n) is 6.58. The monoisotopic (exact) mass is 358 g/mol. The van der Waals surface area contributed by atoms with E-state index in [4.69, 9.17) is 10.00 Å². The molecule has 22 heavy (non-hydrogen) atoms. The van der Waals surface area contributed by atoms with Gasteiger partial charge in [-0.2, -0.15) is 5.26 Å². The molecule has 1 saturated heterocycles. The van der Waals surface area contributed by atoms with E-state index in [-0.39, 0.29) is 12.0 Å². The molecule has 1 aliphatic rings. The maximum atomic E-state index is 12.2. The number of nitrogens with zero attached hydrogens (tertiary/aromatic N) is 4. The molecular formula is C15H11BrN4O2. The van der Waals surface area contributed by atoms with Crippen molar-refractivity contribution in [1.29, 1.82) is 5.26 Å². The van der Waals surface area contributed by atoms with E-state index in [9.17, 15) is 4.79 Å². The third kappa shape index (κ3) is 3.07. The first kappa shape index (κ1) is 14.5. The van der Waals surface area contributed by atoms with Crippen LogP contribution in [0, 0.1) is 11.3 Å². The molecule has 3 rings (SSSR count). The Balaban J connectivity index is 1.58. The molecule has 0 bridgehead atoms. The summed E-state index contributed by atoms with van der Waals surface area (Å²) >= 11 is 3.30. The summed E-state index contributed by atoms with van der Waals surface area (Å²) in [5.74, 6) is 0.522. The van der Waals surface area contributed by atoms with Crippen LogP contribution in [0.25, 0.3) is 0 Å². The van der Waals surface area contributed by atoms with Crippen molar-refractivity contribution < 1.29 is 9.53 Å². The van der Waals surface area contributed by atoms with Crippen LogP contribution in [0.5, 0.6) is 5.75 Å². The minimum atomic E-state index is -0.0713. The lowest BCUT2D eigenvalue weighted by molar-refractivity contribution is 0.0177. The average molecular weight is 359 g/mol. The summed E-state index contributed by atoms with van der Waals surface area (Å²) in [7, 11) is 0. The number of halogens is 1. The Labute approximate surface area is 135 Å². The van der Waals surface area contributed by atoms with Gasteiger partial charge in [-0.15, -0.1) is 0 Å². The summed E-state index contributed by atoms with van der Waals surface area (Å²) in [4.78, 5) is 21.8. The summed E-state index contributed by atoms with van der Waals surface area (Å²) in [6.45, 7) is 1.02. The number of rotatable bonds is 3. The highest BCUT2D eigenvalue weighted by Gasteiger charge is 2.33. The first-order chi connectivity index (χ1) is 10.7. The van der Waals surface area contributed by atoms with Crippen molar-refractivity contribution in [3.8, 4) is 11.8 Å². The van der Waals surface area contributed by atoms with Crippen LogP contribution in [-0.4, -0.2) is 40.0 Å². The van der Waals surface area contributed by atoms with Crippen LogP contribution in [-0.2, 0) is 0 Å². The zero-order valence-corrected chi connectivity index (χ0v) is 13.0. The second-order valence-corrected chi connectivity index (χ2v) is 5.75. The van der Waals surface area contributed by atoms with Gasteiger partial charge in [0.2, 0.25) is 0 Å². The number of hydrogen-bond acceptors (Lipinski definition) is 5. The molecule has 0 unspecified atom stereocenters. The van der Waals surface area contributed by atoms with Gasteiger partial charge in [-0.3, -0.25) is 9.78 Å². The lowest BCUT2D eigenvalue weighted by Crippen LogP contribution is -2.56. The molecule has 110 valence electrons. The molecule has 1 amide bonds. The van der Waals surface area contributed by atoms with E-state index < -0.39 is 0 Å². The molecule has 0 atom stereocenters. The van der Waals surface area contributed by atoms with Gasteiger partial charge in [0.1, 0.15) is 23.6 Å². The second kappa shape index (κ2) is 6.12. The highest BCUT2D eigenvalue weighted by molar-refractivity contribution is 9.10. The Morgan fingerprint density at radius 2 is 2.23 bits per heavy atom.